The van der Waals surface area contributed by atoms with Crippen LogP contribution in [0.4, 0.5) is 0 Å². The van der Waals surface area contributed by atoms with E-state index < -0.39 is 0 Å². The molecule has 0 bridgehead atoms. The molecule has 6 heteroatoms. The van der Waals surface area contributed by atoms with Crippen molar-refractivity contribution in [3.05, 3.63) is 20.3 Å². The molecule has 21 heavy (non-hydrogen) atoms. The lowest BCUT2D eigenvalue weighted by molar-refractivity contribution is 0.146. The van der Waals surface area contributed by atoms with Crippen LogP contribution in [0.2, 0.25) is 8.67 Å². The van der Waals surface area contributed by atoms with Gasteiger partial charge in [0.25, 0.3) is 0 Å². The third-order valence-electron chi connectivity index (χ3n) is 4.97. The average molecular weight is 348 g/mol. The van der Waals surface area contributed by atoms with Crippen molar-refractivity contribution in [1.82, 2.24) is 9.80 Å². The van der Waals surface area contributed by atoms with E-state index in [0.717, 1.165) is 47.7 Å². The second-order valence-electron chi connectivity index (χ2n) is 6.27. The summed E-state index contributed by atoms with van der Waals surface area (Å²) < 4.78 is 1.61. The number of likely N-dealkylation sites (tertiary alicyclic amines) is 2. The van der Waals surface area contributed by atoms with Crippen LogP contribution in [-0.2, 0) is 0 Å². The van der Waals surface area contributed by atoms with Gasteiger partial charge in [0.1, 0.15) is 0 Å². The van der Waals surface area contributed by atoms with E-state index in [4.69, 9.17) is 28.9 Å². The lowest BCUT2D eigenvalue weighted by atomic mass is 10.0. The summed E-state index contributed by atoms with van der Waals surface area (Å²) in [7, 11) is 0. The van der Waals surface area contributed by atoms with Crippen LogP contribution in [0.25, 0.3) is 0 Å². The fourth-order valence-corrected chi connectivity index (χ4v) is 5.17. The monoisotopic (exact) mass is 347 g/mol. The zero-order chi connectivity index (χ0) is 15.0. The Kier molecular flexibility index (Phi) is 5.14. The fourth-order valence-electron chi connectivity index (χ4n) is 3.54. The number of nitrogens with two attached hydrogens (primary N) is 1. The lowest BCUT2D eigenvalue weighted by Gasteiger charge is -2.35. The molecule has 2 N–H and O–H groups in total. The zero-order valence-corrected chi connectivity index (χ0v) is 14.7. The van der Waals surface area contributed by atoms with Gasteiger partial charge < -0.3 is 5.73 Å². The van der Waals surface area contributed by atoms with Crippen molar-refractivity contribution < 1.29 is 0 Å². The Labute approximate surface area is 141 Å². The summed E-state index contributed by atoms with van der Waals surface area (Å²) >= 11 is 13.8. The molecule has 0 saturated carbocycles. The maximum absolute atomic E-state index is 6.30. The largest absolute Gasteiger partial charge is 0.328 e. The third kappa shape index (κ3) is 3.57. The highest BCUT2D eigenvalue weighted by Gasteiger charge is 2.32. The summed E-state index contributed by atoms with van der Waals surface area (Å²) in [6.07, 6.45) is 3.52. The second-order valence-corrected chi connectivity index (χ2v) is 8.55. The zero-order valence-electron chi connectivity index (χ0n) is 12.4. The Morgan fingerprint density at radius 1 is 1.24 bits per heavy atom. The smallest absolute Gasteiger partial charge is 0.0991 e. The summed E-state index contributed by atoms with van der Waals surface area (Å²) in [6.45, 7) is 6.80. The predicted octanol–water partition coefficient (Wildman–Crippen LogP) is 3.61. The van der Waals surface area contributed by atoms with Crippen LogP contribution in [0.15, 0.2) is 6.07 Å². The second kappa shape index (κ2) is 6.73. The Morgan fingerprint density at radius 2 is 1.95 bits per heavy atom. The van der Waals surface area contributed by atoms with Gasteiger partial charge in [0.15, 0.2) is 0 Å². The number of hydrogen-bond acceptors (Lipinski definition) is 4. The lowest BCUT2D eigenvalue weighted by Crippen LogP contribution is -2.46. The predicted molar refractivity (Wildman–Crippen MR) is 91.5 cm³/mol. The number of thiophene rings is 1. The van der Waals surface area contributed by atoms with Crippen molar-refractivity contribution in [2.45, 2.75) is 44.3 Å². The van der Waals surface area contributed by atoms with Gasteiger partial charge in [0, 0.05) is 36.8 Å². The molecule has 1 aromatic heterocycles. The first-order valence-electron chi connectivity index (χ1n) is 7.73. The highest BCUT2D eigenvalue weighted by molar-refractivity contribution is 7.20. The van der Waals surface area contributed by atoms with Gasteiger partial charge >= 0.3 is 0 Å². The van der Waals surface area contributed by atoms with Gasteiger partial charge in [-0.1, -0.05) is 23.2 Å². The van der Waals surface area contributed by atoms with Gasteiger partial charge in [-0.25, -0.2) is 0 Å². The van der Waals surface area contributed by atoms with E-state index in [0.29, 0.717) is 18.1 Å². The molecule has 2 unspecified atom stereocenters. The summed E-state index contributed by atoms with van der Waals surface area (Å²) in [5.41, 5.74) is 7.18. The molecule has 1 aromatic rings. The Morgan fingerprint density at radius 3 is 2.57 bits per heavy atom. The molecule has 3 heterocycles. The first-order chi connectivity index (χ1) is 10.0. The number of hydrogen-bond donors (Lipinski definition) is 1. The van der Waals surface area contributed by atoms with E-state index in [1.807, 2.05) is 6.07 Å². The molecule has 0 amide bonds. The SMILES string of the molecule is CC(c1cc(Cl)sc1Cl)N1CCC(N2CCC(N)CC2)C1. The average Bonchev–Trinajstić information content (AvgIpc) is 3.06. The summed E-state index contributed by atoms with van der Waals surface area (Å²) in [6, 6.07) is 3.45. The molecule has 2 aliphatic heterocycles. The van der Waals surface area contributed by atoms with Crippen LogP contribution in [0, 0.1) is 0 Å². The van der Waals surface area contributed by atoms with E-state index in [9.17, 15) is 0 Å². The summed E-state index contributed by atoms with van der Waals surface area (Å²) in [5, 5.41) is 0. The normalized spacial score (nSPS) is 27.3. The minimum Gasteiger partial charge on any atom is -0.328 e. The van der Waals surface area contributed by atoms with Crippen LogP contribution in [0.3, 0.4) is 0 Å². The number of piperidine rings is 1. The molecule has 2 fully saturated rings. The van der Waals surface area contributed by atoms with Crippen molar-refractivity contribution in [2.75, 3.05) is 26.2 Å². The van der Waals surface area contributed by atoms with Gasteiger partial charge in [0.2, 0.25) is 0 Å². The van der Waals surface area contributed by atoms with E-state index in [-0.39, 0.29) is 0 Å². The molecule has 0 aromatic carbocycles. The van der Waals surface area contributed by atoms with E-state index in [1.165, 1.54) is 23.3 Å². The first kappa shape index (κ1) is 16.0. The van der Waals surface area contributed by atoms with Gasteiger partial charge in [0.05, 0.1) is 8.67 Å². The maximum Gasteiger partial charge on any atom is 0.0991 e. The Hall–Kier alpha value is 0.160. The Balaban J connectivity index is 1.60. The van der Waals surface area contributed by atoms with E-state index >= 15 is 0 Å². The van der Waals surface area contributed by atoms with Crippen LogP contribution in [-0.4, -0.2) is 48.1 Å². The number of halogens is 2. The first-order valence-corrected chi connectivity index (χ1v) is 9.30. The molecule has 118 valence electrons. The molecule has 2 aliphatic rings. The van der Waals surface area contributed by atoms with Crippen molar-refractivity contribution in [1.29, 1.82) is 0 Å². The van der Waals surface area contributed by atoms with Crippen LogP contribution in [0.1, 0.15) is 37.8 Å². The van der Waals surface area contributed by atoms with Crippen molar-refractivity contribution in [3.63, 3.8) is 0 Å². The molecule has 3 nitrogen and oxygen atoms in total. The van der Waals surface area contributed by atoms with Crippen molar-refractivity contribution in [2.24, 2.45) is 5.73 Å². The summed E-state index contributed by atoms with van der Waals surface area (Å²) in [5.74, 6) is 0. The standard InChI is InChI=1S/C15H23Cl2N3S/c1-10(13-8-14(16)21-15(13)17)20-7-4-12(9-20)19-5-2-11(18)3-6-19/h8,10-12H,2-7,9,18H2,1H3. The quantitative estimate of drug-likeness (QED) is 0.906. The highest BCUT2D eigenvalue weighted by atomic mass is 35.5. The molecule has 0 aliphatic carbocycles. The van der Waals surface area contributed by atoms with Crippen LogP contribution < -0.4 is 5.73 Å². The molecule has 0 radical (unpaired) electrons. The molecule has 0 spiro atoms. The van der Waals surface area contributed by atoms with Gasteiger partial charge in [-0.05, 0) is 45.3 Å². The molecule has 2 atom stereocenters. The molecular weight excluding hydrogens is 325 g/mol. The number of nitrogens with zero attached hydrogens (tertiary/aromatic N) is 2. The van der Waals surface area contributed by atoms with Gasteiger partial charge in [-0.2, -0.15) is 0 Å². The van der Waals surface area contributed by atoms with Gasteiger partial charge in [-0.15, -0.1) is 11.3 Å². The van der Waals surface area contributed by atoms with E-state index in [2.05, 4.69) is 16.7 Å². The Bertz CT molecular complexity index is 485. The van der Waals surface area contributed by atoms with Gasteiger partial charge in [-0.3, -0.25) is 9.80 Å². The molecular formula is C15H23Cl2N3S. The van der Waals surface area contributed by atoms with Crippen LogP contribution in [0.5, 0.6) is 0 Å². The van der Waals surface area contributed by atoms with Crippen molar-refractivity contribution in [3.8, 4) is 0 Å². The fraction of sp³-hybridized carbons (Fsp3) is 0.733. The minimum absolute atomic E-state index is 0.346. The summed E-state index contributed by atoms with van der Waals surface area (Å²) in [4.78, 5) is 5.15. The molecule has 2 saturated heterocycles. The number of rotatable bonds is 3. The third-order valence-corrected chi connectivity index (χ3v) is 6.48. The minimum atomic E-state index is 0.346. The van der Waals surface area contributed by atoms with Crippen molar-refractivity contribution >= 4 is 34.5 Å². The topological polar surface area (TPSA) is 32.5 Å². The maximum atomic E-state index is 6.30. The highest BCUT2D eigenvalue weighted by Crippen LogP contribution is 2.38. The van der Waals surface area contributed by atoms with Crippen LogP contribution >= 0.6 is 34.5 Å². The molecule has 3 rings (SSSR count). The van der Waals surface area contributed by atoms with E-state index in [1.54, 1.807) is 0 Å².